The van der Waals surface area contributed by atoms with E-state index in [4.69, 9.17) is 4.74 Å². The molecule has 0 saturated carbocycles. The van der Waals surface area contributed by atoms with Crippen molar-refractivity contribution in [2.45, 2.75) is 20.0 Å². The molecule has 152 valence electrons. The number of aryl methyl sites for hydroxylation is 2. The summed E-state index contributed by atoms with van der Waals surface area (Å²) in [4.78, 5) is 19.2. The third-order valence-electron chi connectivity index (χ3n) is 4.97. The topological polar surface area (TPSA) is 71.5 Å². The maximum absolute atomic E-state index is 13.1. The molecule has 0 bridgehead atoms. The number of para-hydroxylation sites is 1. The normalized spacial score (nSPS) is 12.0. The summed E-state index contributed by atoms with van der Waals surface area (Å²) in [6, 6.07) is 18.4. The van der Waals surface area contributed by atoms with Crippen LogP contribution in [0.5, 0.6) is 5.75 Å². The quantitative estimate of drug-likeness (QED) is 0.464. The number of methoxy groups -OCH3 is 1. The average molecular weight is 419 g/mol. The summed E-state index contributed by atoms with van der Waals surface area (Å²) >= 11 is 1.40. The summed E-state index contributed by atoms with van der Waals surface area (Å²) in [5.41, 5.74) is 3.66. The molecule has 0 radical (unpaired) electrons. The van der Waals surface area contributed by atoms with Crippen LogP contribution in [0.3, 0.4) is 0 Å². The molecule has 4 rings (SSSR count). The molecule has 1 unspecified atom stereocenters. The van der Waals surface area contributed by atoms with Crippen molar-refractivity contribution in [1.82, 2.24) is 4.98 Å². The number of nitrogens with zero attached hydrogens (tertiary/aromatic N) is 1. The van der Waals surface area contributed by atoms with E-state index in [1.54, 1.807) is 18.2 Å². The second-order valence-corrected chi connectivity index (χ2v) is 8.10. The van der Waals surface area contributed by atoms with Crippen LogP contribution in [0.15, 0.2) is 60.7 Å². The SMILES string of the molecule is COc1ccccc1C(=O)Nc1c(C(O)c2ccccc2)sc2nc(C)cc(C)c12. The number of benzene rings is 2. The minimum Gasteiger partial charge on any atom is -0.496 e. The zero-order chi connectivity index (χ0) is 21.3. The highest BCUT2D eigenvalue weighted by Crippen LogP contribution is 2.42. The van der Waals surface area contributed by atoms with Gasteiger partial charge in [0.25, 0.3) is 5.91 Å². The maximum Gasteiger partial charge on any atom is 0.259 e. The van der Waals surface area contributed by atoms with Gasteiger partial charge in [-0.3, -0.25) is 4.79 Å². The molecule has 1 amide bonds. The highest BCUT2D eigenvalue weighted by molar-refractivity contribution is 7.19. The van der Waals surface area contributed by atoms with Crippen molar-refractivity contribution in [3.63, 3.8) is 0 Å². The Bertz CT molecular complexity index is 1220. The number of hydrogen-bond donors (Lipinski definition) is 2. The lowest BCUT2D eigenvalue weighted by atomic mass is 10.0. The van der Waals surface area contributed by atoms with Crippen LogP contribution >= 0.6 is 11.3 Å². The van der Waals surface area contributed by atoms with E-state index in [2.05, 4.69) is 10.3 Å². The molecule has 0 fully saturated rings. The predicted molar refractivity (Wildman–Crippen MR) is 121 cm³/mol. The molecular formula is C24H22N2O3S. The van der Waals surface area contributed by atoms with Gasteiger partial charge in [0.05, 0.1) is 23.2 Å². The number of anilines is 1. The van der Waals surface area contributed by atoms with Crippen molar-refractivity contribution < 1.29 is 14.6 Å². The summed E-state index contributed by atoms with van der Waals surface area (Å²) in [6.45, 7) is 3.92. The van der Waals surface area contributed by atoms with Crippen molar-refractivity contribution in [3.8, 4) is 5.75 Å². The van der Waals surface area contributed by atoms with Gasteiger partial charge in [0.2, 0.25) is 0 Å². The zero-order valence-electron chi connectivity index (χ0n) is 17.0. The molecule has 5 nitrogen and oxygen atoms in total. The lowest BCUT2D eigenvalue weighted by molar-refractivity contribution is 0.102. The molecule has 2 heterocycles. The lowest BCUT2D eigenvalue weighted by Gasteiger charge is -2.14. The minimum absolute atomic E-state index is 0.298. The van der Waals surface area contributed by atoms with Crippen molar-refractivity contribution in [1.29, 1.82) is 0 Å². The average Bonchev–Trinajstić information content (AvgIpc) is 3.11. The van der Waals surface area contributed by atoms with Gasteiger partial charge in [0.1, 0.15) is 16.7 Å². The predicted octanol–water partition coefficient (Wildman–Crippen LogP) is 5.26. The van der Waals surface area contributed by atoms with Gasteiger partial charge in [-0.15, -0.1) is 11.3 Å². The standard InChI is InChI=1S/C24H22N2O3S/c1-14-13-15(2)25-24-19(14)20(22(30-24)21(27)16-9-5-4-6-10-16)26-23(28)17-11-7-8-12-18(17)29-3/h4-13,21,27H,1-3H3,(H,26,28). The van der Waals surface area contributed by atoms with E-state index in [0.29, 0.717) is 21.9 Å². The lowest BCUT2D eigenvalue weighted by Crippen LogP contribution is -2.15. The molecule has 4 aromatic rings. The molecule has 30 heavy (non-hydrogen) atoms. The van der Waals surface area contributed by atoms with Crippen molar-refractivity contribution in [3.05, 3.63) is 87.9 Å². The monoisotopic (exact) mass is 418 g/mol. The van der Waals surface area contributed by atoms with Crippen LogP contribution in [0.25, 0.3) is 10.2 Å². The second kappa shape index (κ2) is 8.26. The number of fused-ring (bicyclic) bond motifs is 1. The Morgan fingerprint density at radius 3 is 2.53 bits per heavy atom. The van der Waals surface area contributed by atoms with Crippen LogP contribution in [0.2, 0.25) is 0 Å². The van der Waals surface area contributed by atoms with E-state index in [-0.39, 0.29) is 5.91 Å². The molecule has 2 N–H and O–H groups in total. The van der Waals surface area contributed by atoms with E-state index >= 15 is 0 Å². The van der Waals surface area contributed by atoms with Crippen LogP contribution in [0, 0.1) is 13.8 Å². The van der Waals surface area contributed by atoms with Crippen molar-refractivity contribution >= 4 is 33.1 Å². The first-order valence-electron chi connectivity index (χ1n) is 9.57. The van der Waals surface area contributed by atoms with Crippen LogP contribution in [0.4, 0.5) is 5.69 Å². The molecule has 0 aliphatic carbocycles. The fourth-order valence-electron chi connectivity index (χ4n) is 3.58. The van der Waals surface area contributed by atoms with Gasteiger partial charge in [-0.05, 0) is 43.2 Å². The number of nitrogens with one attached hydrogen (secondary N) is 1. The molecule has 0 aliphatic rings. The van der Waals surface area contributed by atoms with Gasteiger partial charge in [0, 0.05) is 11.1 Å². The number of carbonyl (C=O) groups is 1. The number of pyridine rings is 1. The van der Waals surface area contributed by atoms with Crippen LogP contribution in [-0.4, -0.2) is 23.1 Å². The Labute approximate surface area is 179 Å². The fourth-order valence-corrected chi connectivity index (χ4v) is 4.84. The van der Waals surface area contributed by atoms with Gasteiger partial charge < -0.3 is 15.2 Å². The van der Waals surface area contributed by atoms with Gasteiger partial charge in [-0.25, -0.2) is 4.98 Å². The first-order valence-corrected chi connectivity index (χ1v) is 10.4. The summed E-state index contributed by atoms with van der Waals surface area (Å²) in [5.74, 6) is 0.194. The van der Waals surface area contributed by atoms with Crippen molar-refractivity contribution in [2.24, 2.45) is 0 Å². The molecule has 0 saturated heterocycles. The summed E-state index contributed by atoms with van der Waals surface area (Å²) in [7, 11) is 1.54. The molecule has 2 aromatic carbocycles. The number of aliphatic hydroxyl groups excluding tert-OH is 1. The van der Waals surface area contributed by atoms with Crippen LogP contribution in [-0.2, 0) is 0 Å². The molecule has 2 aromatic heterocycles. The second-order valence-electron chi connectivity index (χ2n) is 7.07. The Morgan fingerprint density at radius 1 is 1.10 bits per heavy atom. The number of hydrogen-bond acceptors (Lipinski definition) is 5. The highest BCUT2D eigenvalue weighted by atomic mass is 32.1. The minimum atomic E-state index is -0.877. The number of ether oxygens (including phenoxy) is 1. The maximum atomic E-state index is 13.1. The van der Waals surface area contributed by atoms with E-state index < -0.39 is 6.10 Å². The van der Waals surface area contributed by atoms with Crippen LogP contribution < -0.4 is 10.1 Å². The number of aromatic nitrogens is 1. The molecule has 0 aliphatic heterocycles. The molecular weight excluding hydrogens is 396 g/mol. The first kappa shape index (κ1) is 20.1. The Morgan fingerprint density at radius 2 is 1.80 bits per heavy atom. The van der Waals surface area contributed by atoms with Crippen molar-refractivity contribution in [2.75, 3.05) is 12.4 Å². The zero-order valence-corrected chi connectivity index (χ0v) is 17.8. The smallest absolute Gasteiger partial charge is 0.259 e. The summed E-state index contributed by atoms with van der Waals surface area (Å²) < 4.78 is 5.34. The third kappa shape index (κ3) is 3.67. The Hall–Kier alpha value is -3.22. The van der Waals surface area contributed by atoms with Gasteiger partial charge in [0.15, 0.2) is 0 Å². The van der Waals surface area contributed by atoms with E-state index in [0.717, 1.165) is 27.0 Å². The molecule has 0 spiro atoms. The number of amides is 1. The van der Waals surface area contributed by atoms with Gasteiger partial charge in [-0.1, -0.05) is 42.5 Å². The number of aliphatic hydroxyl groups is 1. The number of rotatable bonds is 5. The summed E-state index contributed by atoms with van der Waals surface area (Å²) in [5, 5.41) is 15.0. The first-order chi connectivity index (χ1) is 14.5. The third-order valence-corrected chi connectivity index (χ3v) is 6.10. The van der Waals surface area contributed by atoms with Gasteiger partial charge >= 0.3 is 0 Å². The molecule has 1 atom stereocenters. The highest BCUT2D eigenvalue weighted by Gasteiger charge is 2.25. The van der Waals surface area contributed by atoms with Crippen LogP contribution in [0.1, 0.15) is 38.2 Å². The number of thiophene rings is 1. The van der Waals surface area contributed by atoms with Gasteiger partial charge in [-0.2, -0.15) is 0 Å². The molecule has 6 heteroatoms. The number of carbonyl (C=O) groups excluding carboxylic acids is 1. The van der Waals surface area contributed by atoms with E-state index in [1.165, 1.54) is 18.4 Å². The Balaban J connectivity index is 1.85. The summed E-state index contributed by atoms with van der Waals surface area (Å²) in [6.07, 6.45) is -0.877. The van der Waals surface area contributed by atoms with E-state index in [1.807, 2.05) is 56.3 Å². The largest absolute Gasteiger partial charge is 0.496 e. The van der Waals surface area contributed by atoms with E-state index in [9.17, 15) is 9.90 Å². The Kier molecular flexibility index (Phi) is 5.53. The fraction of sp³-hybridized carbons (Fsp3) is 0.167.